The van der Waals surface area contributed by atoms with Crippen molar-refractivity contribution in [3.63, 3.8) is 0 Å². The molecule has 1 nitrogen and oxygen atoms in total. The van der Waals surface area contributed by atoms with Gasteiger partial charge in [-0.2, -0.15) is 0 Å². The van der Waals surface area contributed by atoms with Crippen molar-refractivity contribution >= 4 is 40.0 Å². The number of carbonyl (C=O) groups is 1. The predicted molar refractivity (Wildman–Crippen MR) is 54.1 cm³/mol. The Morgan fingerprint density at radius 3 is 2.58 bits per heavy atom. The van der Waals surface area contributed by atoms with Crippen molar-refractivity contribution in [2.75, 3.05) is 0 Å². The first-order valence-corrected chi connectivity index (χ1v) is 4.64. The van der Waals surface area contributed by atoms with E-state index < -0.39 is 5.82 Å². The second-order valence-electron chi connectivity index (χ2n) is 2.27. The molecule has 1 rings (SSSR count). The van der Waals surface area contributed by atoms with Crippen LogP contribution in [0.25, 0.3) is 0 Å². The van der Waals surface area contributed by atoms with Crippen molar-refractivity contribution in [3.05, 3.63) is 32.1 Å². The molecule has 0 fully saturated rings. The molecule has 0 heterocycles. The van der Waals surface area contributed by atoms with E-state index >= 15 is 0 Å². The predicted octanol–water partition coefficient (Wildman–Crippen LogP) is 3.29. The van der Waals surface area contributed by atoms with Gasteiger partial charge in [0, 0.05) is 3.57 Å². The fourth-order valence-electron chi connectivity index (χ4n) is 0.850. The van der Waals surface area contributed by atoms with Crippen molar-refractivity contribution in [1.82, 2.24) is 0 Å². The van der Waals surface area contributed by atoms with Crippen LogP contribution in [0, 0.1) is 9.39 Å². The summed E-state index contributed by atoms with van der Waals surface area (Å²) in [6.45, 7) is 1.32. The van der Waals surface area contributed by atoms with Gasteiger partial charge in [0.15, 0.2) is 5.78 Å². The average Bonchev–Trinajstić information content (AvgIpc) is 1.97. The second-order valence-corrected chi connectivity index (χ2v) is 3.76. The Hall–Kier alpha value is -0.160. The van der Waals surface area contributed by atoms with Gasteiger partial charge in [-0.25, -0.2) is 4.39 Å². The van der Waals surface area contributed by atoms with E-state index in [0.29, 0.717) is 8.59 Å². The number of Topliss-reactive ketones (excluding diaryl/α,β-unsaturated/α-hetero) is 1. The summed E-state index contributed by atoms with van der Waals surface area (Å²) in [6.07, 6.45) is 0. The van der Waals surface area contributed by atoms with Gasteiger partial charge in [-0.1, -0.05) is 11.6 Å². The fraction of sp³-hybridized carbons (Fsp3) is 0.125. The standard InChI is InChI=1S/C8H5ClFIO/c1-4(12)7-6(10)3-2-5(9)8(7)11/h2-3H,1H3. The second kappa shape index (κ2) is 3.70. The number of hydrogen-bond donors (Lipinski definition) is 0. The van der Waals surface area contributed by atoms with Crippen LogP contribution in [0.5, 0.6) is 0 Å². The molecule has 12 heavy (non-hydrogen) atoms. The average molecular weight is 298 g/mol. The molecule has 1 aromatic rings. The number of carbonyl (C=O) groups excluding carboxylic acids is 1. The SMILES string of the molecule is CC(=O)c1c(F)ccc(Cl)c1I. The van der Waals surface area contributed by atoms with Crippen molar-refractivity contribution in [2.45, 2.75) is 6.92 Å². The molecule has 0 atom stereocenters. The monoisotopic (exact) mass is 298 g/mol. The van der Waals surface area contributed by atoms with Gasteiger partial charge in [-0.05, 0) is 41.6 Å². The van der Waals surface area contributed by atoms with Crippen LogP contribution in [0.4, 0.5) is 4.39 Å². The maximum Gasteiger partial charge on any atom is 0.163 e. The summed E-state index contributed by atoms with van der Waals surface area (Å²) in [5, 5.41) is 0.405. The normalized spacial score (nSPS) is 10.0. The Morgan fingerprint density at radius 2 is 2.17 bits per heavy atom. The quantitative estimate of drug-likeness (QED) is 0.442. The molecule has 0 bridgehead atoms. The van der Waals surface area contributed by atoms with E-state index in [1.807, 2.05) is 22.6 Å². The number of ketones is 1. The lowest BCUT2D eigenvalue weighted by molar-refractivity contribution is 0.101. The van der Waals surface area contributed by atoms with Gasteiger partial charge in [-0.3, -0.25) is 4.79 Å². The highest BCUT2D eigenvalue weighted by atomic mass is 127. The zero-order chi connectivity index (χ0) is 9.30. The molecule has 0 radical (unpaired) electrons. The van der Waals surface area contributed by atoms with Gasteiger partial charge < -0.3 is 0 Å². The van der Waals surface area contributed by atoms with Crippen LogP contribution in [0.2, 0.25) is 5.02 Å². The van der Waals surface area contributed by atoms with Gasteiger partial charge in [0.25, 0.3) is 0 Å². The molecule has 0 N–H and O–H groups in total. The van der Waals surface area contributed by atoms with Gasteiger partial charge in [0.1, 0.15) is 5.82 Å². The van der Waals surface area contributed by atoms with Crippen molar-refractivity contribution < 1.29 is 9.18 Å². The van der Waals surface area contributed by atoms with E-state index in [4.69, 9.17) is 11.6 Å². The molecule has 0 aromatic heterocycles. The first-order chi connectivity index (χ1) is 5.54. The molecular weight excluding hydrogens is 293 g/mol. The number of benzene rings is 1. The van der Waals surface area contributed by atoms with Crippen LogP contribution in [0.3, 0.4) is 0 Å². The molecule has 1 aromatic carbocycles. The van der Waals surface area contributed by atoms with Crippen molar-refractivity contribution in [3.8, 4) is 0 Å². The first-order valence-electron chi connectivity index (χ1n) is 3.18. The lowest BCUT2D eigenvalue weighted by Gasteiger charge is -2.02. The molecular formula is C8H5ClFIO. The zero-order valence-corrected chi connectivity index (χ0v) is 9.11. The summed E-state index contributed by atoms with van der Waals surface area (Å²) in [6, 6.07) is 2.63. The molecule has 0 aliphatic heterocycles. The maximum absolute atomic E-state index is 13.0. The van der Waals surface area contributed by atoms with E-state index in [0.717, 1.165) is 0 Å². The number of hydrogen-bond acceptors (Lipinski definition) is 1. The van der Waals surface area contributed by atoms with Crippen LogP contribution in [-0.2, 0) is 0 Å². The summed E-state index contributed by atoms with van der Waals surface area (Å²) in [5.41, 5.74) is 0.0723. The summed E-state index contributed by atoms with van der Waals surface area (Å²) in [5.74, 6) is -0.823. The van der Waals surface area contributed by atoms with Crippen LogP contribution in [0.15, 0.2) is 12.1 Å². The highest BCUT2D eigenvalue weighted by Crippen LogP contribution is 2.24. The van der Waals surface area contributed by atoms with Crippen LogP contribution < -0.4 is 0 Å². The summed E-state index contributed by atoms with van der Waals surface area (Å²) >= 11 is 7.56. The Balaban J connectivity index is 3.43. The third-order valence-corrected chi connectivity index (χ3v) is 3.15. The zero-order valence-electron chi connectivity index (χ0n) is 6.20. The lowest BCUT2D eigenvalue weighted by Crippen LogP contribution is -2.00. The van der Waals surface area contributed by atoms with Gasteiger partial charge >= 0.3 is 0 Å². The first kappa shape index (κ1) is 9.92. The molecule has 0 aliphatic rings. The molecule has 0 saturated carbocycles. The van der Waals surface area contributed by atoms with Crippen molar-refractivity contribution in [2.24, 2.45) is 0 Å². The number of rotatable bonds is 1. The highest BCUT2D eigenvalue weighted by Gasteiger charge is 2.13. The third-order valence-electron chi connectivity index (χ3n) is 1.40. The van der Waals surface area contributed by atoms with Crippen LogP contribution in [0.1, 0.15) is 17.3 Å². The molecule has 0 aliphatic carbocycles. The molecule has 0 amide bonds. The minimum Gasteiger partial charge on any atom is -0.294 e. The van der Waals surface area contributed by atoms with Gasteiger partial charge in [0.05, 0.1) is 10.6 Å². The van der Waals surface area contributed by atoms with Crippen LogP contribution >= 0.6 is 34.2 Å². The Kier molecular flexibility index (Phi) is 3.06. The minimum atomic E-state index is -0.517. The molecule has 0 unspecified atom stereocenters. The minimum absolute atomic E-state index is 0.0723. The molecule has 64 valence electrons. The topological polar surface area (TPSA) is 17.1 Å². The smallest absolute Gasteiger partial charge is 0.163 e. The number of halogens is 3. The van der Waals surface area contributed by atoms with Gasteiger partial charge in [-0.15, -0.1) is 0 Å². The summed E-state index contributed by atoms with van der Waals surface area (Å²) in [7, 11) is 0. The van der Waals surface area contributed by atoms with E-state index in [2.05, 4.69) is 0 Å². The summed E-state index contributed by atoms with van der Waals surface area (Å²) in [4.78, 5) is 10.9. The largest absolute Gasteiger partial charge is 0.294 e. The molecule has 0 saturated heterocycles. The lowest BCUT2D eigenvalue weighted by atomic mass is 10.1. The van der Waals surface area contributed by atoms with E-state index in [1.54, 1.807) is 0 Å². The Labute approximate surface area is 88.1 Å². The fourth-order valence-corrected chi connectivity index (χ4v) is 1.82. The van der Waals surface area contributed by atoms with Crippen molar-refractivity contribution in [1.29, 1.82) is 0 Å². The van der Waals surface area contributed by atoms with E-state index in [1.165, 1.54) is 19.1 Å². The highest BCUT2D eigenvalue weighted by molar-refractivity contribution is 14.1. The summed E-state index contributed by atoms with van der Waals surface area (Å²) < 4.78 is 13.5. The van der Waals surface area contributed by atoms with E-state index in [-0.39, 0.29) is 11.3 Å². The van der Waals surface area contributed by atoms with Crippen LogP contribution in [-0.4, -0.2) is 5.78 Å². The maximum atomic E-state index is 13.0. The molecule has 0 spiro atoms. The molecule has 4 heteroatoms. The van der Waals surface area contributed by atoms with Gasteiger partial charge in [0.2, 0.25) is 0 Å². The Bertz CT molecular complexity index is 338. The van der Waals surface area contributed by atoms with E-state index in [9.17, 15) is 9.18 Å². The third kappa shape index (κ3) is 1.77. The Morgan fingerprint density at radius 1 is 1.58 bits per heavy atom.